The van der Waals surface area contributed by atoms with Crippen LogP contribution in [0.4, 0.5) is 33.7 Å². The molecule has 2 atom stereocenters. The molecule has 0 aliphatic carbocycles. The Morgan fingerprint density at radius 3 is 2.23 bits per heavy atom. The Bertz CT molecular complexity index is 2130. The highest BCUT2D eigenvalue weighted by molar-refractivity contribution is 7.81. The molecule has 3 aromatic carbocycles. The quantitative estimate of drug-likeness (QED) is 0.0797. The molecule has 1 heterocycles. The fraction of sp³-hybridized carbons (Fsp3) is 0.333. The SMILES string of the molecule is COCP(=O)(NC(C)C(=O)OC(C)C)Oc1ccc(COC(=O)NC(=O)c2ccc(N3C(=S)N(c4ccc(C#N)c(C(F)(F)F)c4)C(=O)C3(C)C)cc2F)cc1. The first-order valence-electron chi connectivity index (χ1n) is 16.5. The van der Waals surface area contributed by atoms with Gasteiger partial charge in [-0.05, 0) is 101 Å². The minimum absolute atomic E-state index is 0.0258. The van der Waals surface area contributed by atoms with Crippen LogP contribution in [0.1, 0.15) is 61.7 Å². The molecule has 0 bridgehead atoms. The van der Waals surface area contributed by atoms with E-state index in [1.807, 2.05) is 5.32 Å². The molecule has 1 aliphatic heterocycles. The van der Waals surface area contributed by atoms with Crippen molar-refractivity contribution in [3.05, 3.63) is 88.7 Å². The van der Waals surface area contributed by atoms with E-state index in [-0.39, 0.29) is 41.3 Å². The van der Waals surface area contributed by atoms with Gasteiger partial charge in [0.15, 0.2) is 5.11 Å². The lowest BCUT2D eigenvalue weighted by atomic mass is 10.0. The van der Waals surface area contributed by atoms with Gasteiger partial charge >= 0.3 is 25.8 Å². The summed E-state index contributed by atoms with van der Waals surface area (Å²) in [5.41, 5.74) is -3.92. The average molecular weight is 822 g/mol. The number of carbonyl (C=O) groups excluding carboxylic acids is 4. The summed E-state index contributed by atoms with van der Waals surface area (Å²) in [7, 11) is -2.44. The fourth-order valence-corrected chi connectivity index (χ4v) is 7.59. The van der Waals surface area contributed by atoms with Crippen LogP contribution in [0.5, 0.6) is 5.75 Å². The number of esters is 1. The molecule has 56 heavy (non-hydrogen) atoms. The van der Waals surface area contributed by atoms with Crippen LogP contribution in [0.3, 0.4) is 0 Å². The summed E-state index contributed by atoms with van der Waals surface area (Å²) in [6.45, 7) is 7.28. The van der Waals surface area contributed by atoms with Crippen LogP contribution in [0.25, 0.3) is 0 Å². The second-order valence-electron chi connectivity index (χ2n) is 13.0. The number of nitrogens with one attached hydrogen (secondary N) is 2. The van der Waals surface area contributed by atoms with Gasteiger partial charge in [0, 0.05) is 12.8 Å². The van der Waals surface area contributed by atoms with Crippen molar-refractivity contribution in [1.29, 1.82) is 5.26 Å². The maximum Gasteiger partial charge on any atom is 0.417 e. The van der Waals surface area contributed by atoms with Crippen molar-refractivity contribution in [3.63, 3.8) is 0 Å². The van der Waals surface area contributed by atoms with E-state index in [0.717, 1.165) is 29.2 Å². The number of imide groups is 1. The Hall–Kier alpha value is -5.41. The summed E-state index contributed by atoms with van der Waals surface area (Å²) in [6.07, 6.45) is -6.88. The first kappa shape index (κ1) is 43.3. The average Bonchev–Trinajstić information content (AvgIpc) is 3.28. The maximum atomic E-state index is 15.4. The maximum absolute atomic E-state index is 15.4. The van der Waals surface area contributed by atoms with Crippen LogP contribution in [0.2, 0.25) is 0 Å². The van der Waals surface area contributed by atoms with Crippen LogP contribution in [0, 0.1) is 17.1 Å². The molecule has 20 heteroatoms. The van der Waals surface area contributed by atoms with Gasteiger partial charge < -0.3 is 23.6 Å². The normalized spacial score (nSPS) is 15.5. The Balaban J connectivity index is 1.40. The van der Waals surface area contributed by atoms with Crippen LogP contribution in [-0.2, 0) is 41.1 Å². The summed E-state index contributed by atoms with van der Waals surface area (Å²) in [5.74, 6) is -3.55. The standard InChI is InChI=1S/C36H36F4N5O9PS/c1-20(2)53-31(47)21(3)43-55(50,19-51-6)54-26-12-7-22(8-13-26)18-52-33(49)42-30(46)27-14-11-25(16-29(27)37)45-34(56)44(32(48)35(45,4)5)24-10-9-23(17-41)28(15-24)36(38,39)40/h7-16,20-21H,18-19H2,1-6H3,(H,43,50)(H,42,46,49). The number of alkyl halides is 3. The molecule has 14 nitrogen and oxygen atoms in total. The lowest BCUT2D eigenvalue weighted by molar-refractivity contribution is -0.149. The zero-order chi connectivity index (χ0) is 41.7. The number of nitriles is 1. The first-order chi connectivity index (χ1) is 26.1. The number of halogens is 4. The van der Waals surface area contributed by atoms with Gasteiger partial charge in [-0.2, -0.15) is 18.4 Å². The number of carbonyl (C=O) groups is 4. The van der Waals surface area contributed by atoms with Crippen molar-refractivity contribution in [2.45, 2.75) is 65.1 Å². The molecule has 0 aromatic heterocycles. The first-order valence-corrected chi connectivity index (χ1v) is 18.8. The van der Waals surface area contributed by atoms with Crippen LogP contribution in [0.15, 0.2) is 60.7 Å². The highest BCUT2D eigenvalue weighted by atomic mass is 32.1. The summed E-state index contributed by atoms with van der Waals surface area (Å²) < 4.78 is 90.5. The number of benzene rings is 3. The Morgan fingerprint density at radius 2 is 1.66 bits per heavy atom. The number of rotatable bonds is 13. The van der Waals surface area contributed by atoms with Crippen LogP contribution >= 0.6 is 19.7 Å². The number of hydrogen-bond donors (Lipinski definition) is 2. The van der Waals surface area contributed by atoms with Crippen molar-refractivity contribution in [3.8, 4) is 11.8 Å². The Morgan fingerprint density at radius 1 is 1.02 bits per heavy atom. The highest BCUT2D eigenvalue weighted by Gasteiger charge is 2.51. The third-order valence-corrected chi connectivity index (χ3v) is 10.2. The minimum Gasteiger partial charge on any atom is -0.462 e. The van der Waals surface area contributed by atoms with E-state index in [0.29, 0.717) is 11.6 Å². The molecule has 1 saturated heterocycles. The van der Waals surface area contributed by atoms with Crippen molar-refractivity contribution >= 4 is 60.1 Å². The van der Waals surface area contributed by atoms with Crippen LogP contribution in [-0.4, -0.2) is 60.1 Å². The van der Waals surface area contributed by atoms with E-state index in [1.165, 1.54) is 69.2 Å². The Kier molecular flexibility index (Phi) is 13.3. The molecule has 3 aromatic rings. The lowest BCUT2D eigenvalue weighted by Gasteiger charge is -2.29. The van der Waals surface area contributed by atoms with E-state index >= 15 is 4.39 Å². The molecule has 2 N–H and O–H groups in total. The third-order valence-electron chi connectivity index (χ3n) is 7.97. The Labute approximate surface area is 324 Å². The monoisotopic (exact) mass is 821 g/mol. The van der Waals surface area contributed by atoms with E-state index in [1.54, 1.807) is 13.8 Å². The number of amides is 3. The van der Waals surface area contributed by atoms with Crippen molar-refractivity contribution in [1.82, 2.24) is 10.4 Å². The minimum atomic E-state index is -4.90. The molecule has 0 spiro atoms. The predicted molar refractivity (Wildman–Crippen MR) is 197 cm³/mol. The molecular formula is C36H36F4N5O9PS. The van der Waals surface area contributed by atoms with Gasteiger partial charge in [0.1, 0.15) is 36.1 Å². The summed E-state index contributed by atoms with van der Waals surface area (Å²) >= 11 is 5.46. The smallest absolute Gasteiger partial charge is 0.417 e. The largest absolute Gasteiger partial charge is 0.462 e. The third kappa shape index (κ3) is 9.87. The van der Waals surface area contributed by atoms with E-state index in [4.69, 9.17) is 36.2 Å². The number of alkyl carbamates (subject to hydrolysis) is 1. The van der Waals surface area contributed by atoms with Gasteiger partial charge in [0.25, 0.3) is 11.8 Å². The predicted octanol–water partition coefficient (Wildman–Crippen LogP) is 6.80. The second-order valence-corrected chi connectivity index (χ2v) is 15.4. The topological polar surface area (TPSA) is 177 Å². The number of thiocarbonyl (C=S) groups is 1. The molecule has 298 valence electrons. The van der Waals surface area contributed by atoms with Gasteiger partial charge in [0.2, 0.25) is 0 Å². The van der Waals surface area contributed by atoms with Crippen molar-refractivity contribution in [2.75, 3.05) is 23.3 Å². The summed E-state index contributed by atoms with van der Waals surface area (Å²) in [6, 6.07) is 12.1. The highest BCUT2D eigenvalue weighted by Crippen LogP contribution is 2.44. The molecule has 3 amide bonds. The lowest BCUT2D eigenvalue weighted by Crippen LogP contribution is -2.44. The molecular weight excluding hydrogens is 785 g/mol. The number of methoxy groups -OCH3 is 1. The van der Waals surface area contributed by atoms with E-state index < -0.39 is 71.7 Å². The number of nitrogens with zero attached hydrogens (tertiary/aromatic N) is 3. The zero-order valence-electron chi connectivity index (χ0n) is 30.7. The summed E-state index contributed by atoms with van der Waals surface area (Å²) in [4.78, 5) is 52.9. The van der Waals surface area contributed by atoms with Gasteiger partial charge in [-0.25, -0.2) is 14.3 Å². The van der Waals surface area contributed by atoms with Gasteiger partial charge in [0.05, 0.1) is 34.6 Å². The molecule has 4 rings (SSSR count). The van der Waals surface area contributed by atoms with Gasteiger partial charge in [-0.3, -0.25) is 29.2 Å². The molecule has 1 aliphatic rings. The molecule has 1 fully saturated rings. The fourth-order valence-electron chi connectivity index (χ4n) is 5.39. The number of anilines is 2. The van der Waals surface area contributed by atoms with Crippen LogP contribution < -0.4 is 24.7 Å². The zero-order valence-corrected chi connectivity index (χ0v) is 32.4. The number of ether oxygens (including phenoxy) is 3. The van der Waals surface area contributed by atoms with Gasteiger partial charge in [-0.15, -0.1) is 0 Å². The summed E-state index contributed by atoms with van der Waals surface area (Å²) in [5, 5.41) is 13.4. The molecule has 2 unspecified atom stereocenters. The number of hydrogen-bond acceptors (Lipinski definition) is 11. The van der Waals surface area contributed by atoms with E-state index in [2.05, 4.69) is 5.09 Å². The van der Waals surface area contributed by atoms with E-state index in [9.17, 15) is 36.9 Å². The molecule has 0 radical (unpaired) electrons. The van der Waals surface area contributed by atoms with Gasteiger partial charge in [-0.1, -0.05) is 12.1 Å². The van der Waals surface area contributed by atoms with Crippen molar-refractivity contribution in [2.24, 2.45) is 0 Å². The van der Waals surface area contributed by atoms with Crippen molar-refractivity contribution < 1.29 is 60.0 Å². The molecule has 0 saturated carbocycles. The second kappa shape index (κ2) is 17.2.